The summed E-state index contributed by atoms with van der Waals surface area (Å²) in [6.07, 6.45) is 0. The van der Waals surface area contributed by atoms with Gasteiger partial charge < -0.3 is 10.8 Å². The van der Waals surface area contributed by atoms with Crippen LogP contribution in [0.1, 0.15) is 15.9 Å². The third-order valence-corrected chi connectivity index (χ3v) is 2.40. The van der Waals surface area contributed by atoms with Crippen molar-refractivity contribution >= 4 is 34.2 Å². The van der Waals surface area contributed by atoms with Crippen molar-refractivity contribution in [1.82, 2.24) is 0 Å². The number of anilines is 1. The molecule has 1 rings (SSSR count). The van der Waals surface area contributed by atoms with Crippen molar-refractivity contribution in [2.45, 2.75) is 6.92 Å². The molecule has 0 atom stereocenters. The van der Waals surface area contributed by atoms with Crippen LogP contribution in [0.4, 0.5) is 5.69 Å². The second-order valence-corrected chi connectivity index (χ2v) is 3.68. The molecule has 3 nitrogen and oxygen atoms in total. The number of benzene rings is 1. The molecular formula is C8H8INO2. The third-order valence-electron chi connectivity index (χ3n) is 1.50. The lowest BCUT2D eigenvalue weighted by Gasteiger charge is -2.04. The highest BCUT2D eigenvalue weighted by molar-refractivity contribution is 14.1. The fourth-order valence-corrected chi connectivity index (χ4v) is 1.71. The number of carboxylic acids is 1. The lowest BCUT2D eigenvalue weighted by atomic mass is 10.1. The molecule has 0 saturated heterocycles. The highest BCUT2D eigenvalue weighted by Crippen LogP contribution is 2.21. The molecule has 0 aliphatic carbocycles. The highest BCUT2D eigenvalue weighted by Gasteiger charge is 2.10. The first-order valence-corrected chi connectivity index (χ1v) is 4.39. The van der Waals surface area contributed by atoms with Gasteiger partial charge in [0.25, 0.3) is 0 Å². The fraction of sp³-hybridized carbons (Fsp3) is 0.125. The van der Waals surface area contributed by atoms with E-state index in [-0.39, 0.29) is 5.56 Å². The van der Waals surface area contributed by atoms with Crippen LogP contribution in [0.5, 0.6) is 0 Å². The van der Waals surface area contributed by atoms with Crippen molar-refractivity contribution in [3.8, 4) is 0 Å². The van der Waals surface area contributed by atoms with Gasteiger partial charge in [0.15, 0.2) is 0 Å². The van der Waals surface area contributed by atoms with Crippen LogP contribution in [0.25, 0.3) is 0 Å². The van der Waals surface area contributed by atoms with Gasteiger partial charge in [-0.25, -0.2) is 4.79 Å². The SMILES string of the molecule is Cc1cc(I)c(N)c(C(=O)O)c1. The zero-order valence-electron chi connectivity index (χ0n) is 6.47. The van der Waals surface area contributed by atoms with E-state index < -0.39 is 5.97 Å². The maximum Gasteiger partial charge on any atom is 0.337 e. The zero-order valence-corrected chi connectivity index (χ0v) is 8.62. The number of aromatic carboxylic acids is 1. The predicted octanol–water partition coefficient (Wildman–Crippen LogP) is 1.88. The highest BCUT2D eigenvalue weighted by atomic mass is 127. The van der Waals surface area contributed by atoms with Gasteiger partial charge in [-0.1, -0.05) is 0 Å². The van der Waals surface area contributed by atoms with Gasteiger partial charge in [-0.15, -0.1) is 0 Å². The molecule has 0 unspecified atom stereocenters. The molecule has 0 aliphatic rings. The molecule has 0 fully saturated rings. The van der Waals surface area contributed by atoms with Crippen molar-refractivity contribution in [3.05, 3.63) is 26.8 Å². The molecule has 3 N–H and O–H groups in total. The summed E-state index contributed by atoms with van der Waals surface area (Å²) in [5.41, 5.74) is 6.99. The number of nitrogens with two attached hydrogens (primary N) is 1. The number of rotatable bonds is 1. The Balaban J connectivity index is 3.37. The topological polar surface area (TPSA) is 63.3 Å². The van der Waals surface area contributed by atoms with Crippen molar-refractivity contribution in [1.29, 1.82) is 0 Å². The van der Waals surface area contributed by atoms with Crippen LogP contribution < -0.4 is 5.73 Å². The second-order valence-electron chi connectivity index (χ2n) is 2.51. The number of hydrogen-bond donors (Lipinski definition) is 2. The molecule has 4 heteroatoms. The number of hydrogen-bond acceptors (Lipinski definition) is 2. The van der Waals surface area contributed by atoms with E-state index in [2.05, 4.69) is 0 Å². The smallest absolute Gasteiger partial charge is 0.337 e. The zero-order chi connectivity index (χ0) is 9.30. The third kappa shape index (κ3) is 1.69. The van der Waals surface area contributed by atoms with E-state index in [9.17, 15) is 4.79 Å². The van der Waals surface area contributed by atoms with Gasteiger partial charge >= 0.3 is 5.97 Å². The molecule has 1 aromatic rings. The Kier molecular flexibility index (Phi) is 2.56. The molecular weight excluding hydrogens is 269 g/mol. The van der Waals surface area contributed by atoms with Crippen LogP contribution in [0.2, 0.25) is 0 Å². The van der Waals surface area contributed by atoms with E-state index >= 15 is 0 Å². The summed E-state index contributed by atoms with van der Waals surface area (Å²) in [6, 6.07) is 3.42. The normalized spacial score (nSPS) is 9.83. The Hall–Kier alpha value is -0.780. The first-order chi connectivity index (χ1) is 5.52. The average Bonchev–Trinajstić information content (AvgIpc) is 1.96. The average molecular weight is 277 g/mol. The van der Waals surface area contributed by atoms with E-state index in [0.29, 0.717) is 5.69 Å². The Morgan fingerprint density at radius 1 is 1.58 bits per heavy atom. The van der Waals surface area contributed by atoms with Crippen LogP contribution in [0.3, 0.4) is 0 Å². The number of nitrogen functional groups attached to an aromatic ring is 1. The number of carbonyl (C=O) groups is 1. The summed E-state index contributed by atoms with van der Waals surface area (Å²) < 4.78 is 0.782. The summed E-state index contributed by atoms with van der Waals surface area (Å²) in [6.45, 7) is 1.84. The maximum absolute atomic E-state index is 10.6. The summed E-state index contributed by atoms with van der Waals surface area (Å²) in [5, 5.41) is 8.73. The molecule has 0 aliphatic heterocycles. The maximum atomic E-state index is 10.6. The summed E-state index contributed by atoms with van der Waals surface area (Å²) >= 11 is 2.02. The minimum Gasteiger partial charge on any atom is -0.478 e. The van der Waals surface area contributed by atoms with Crippen molar-refractivity contribution in [2.24, 2.45) is 0 Å². The first kappa shape index (κ1) is 9.31. The molecule has 0 saturated carbocycles. The summed E-state index contributed by atoms with van der Waals surface area (Å²) in [4.78, 5) is 10.6. The number of halogens is 1. The standard InChI is InChI=1S/C8H8INO2/c1-4-2-5(8(11)12)7(10)6(9)3-4/h2-3H,10H2,1H3,(H,11,12). The Bertz CT molecular complexity index is 336. The quantitative estimate of drug-likeness (QED) is 0.608. The van der Waals surface area contributed by atoms with Crippen LogP contribution in [0, 0.1) is 10.5 Å². The Morgan fingerprint density at radius 3 is 2.67 bits per heavy atom. The molecule has 0 aromatic heterocycles. The Labute approximate surface area is 83.7 Å². The van der Waals surface area contributed by atoms with Gasteiger partial charge in [-0.2, -0.15) is 0 Å². The molecule has 0 bridgehead atoms. The minimum atomic E-state index is -0.978. The lowest BCUT2D eigenvalue weighted by Crippen LogP contribution is -2.04. The van der Waals surface area contributed by atoms with Gasteiger partial charge in [0.05, 0.1) is 11.3 Å². The van der Waals surface area contributed by atoms with Crippen molar-refractivity contribution in [3.63, 3.8) is 0 Å². The Morgan fingerprint density at radius 2 is 2.17 bits per heavy atom. The van der Waals surface area contributed by atoms with Crippen LogP contribution >= 0.6 is 22.6 Å². The van der Waals surface area contributed by atoms with Crippen LogP contribution in [-0.4, -0.2) is 11.1 Å². The predicted molar refractivity (Wildman–Crippen MR) is 55.3 cm³/mol. The molecule has 0 radical (unpaired) electrons. The van der Waals surface area contributed by atoms with Gasteiger partial charge in [-0.05, 0) is 47.2 Å². The lowest BCUT2D eigenvalue weighted by molar-refractivity contribution is 0.0698. The number of carboxylic acid groups (broad SMARTS) is 1. The minimum absolute atomic E-state index is 0.180. The van der Waals surface area contributed by atoms with E-state index in [4.69, 9.17) is 10.8 Å². The molecule has 0 heterocycles. The van der Waals surface area contributed by atoms with Crippen LogP contribution in [-0.2, 0) is 0 Å². The van der Waals surface area contributed by atoms with Gasteiger partial charge in [0.1, 0.15) is 0 Å². The molecule has 0 amide bonds. The molecule has 0 spiro atoms. The van der Waals surface area contributed by atoms with Gasteiger partial charge in [0.2, 0.25) is 0 Å². The largest absolute Gasteiger partial charge is 0.478 e. The summed E-state index contributed by atoms with van der Waals surface area (Å²) in [5.74, 6) is -0.978. The molecule has 64 valence electrons. The van der Waals surface area contributed by atoms with E-state index in [0.717, 1.165) is 9.13 Å². The second kappa shape index (κ2) is 3.30. The van der Waals surface area contributed by atoms with Crippen molar-refractivity contribution < 1.29 is 9.90 Å². The monoisotopic (exact) mass is 277 g/mol. The molecule has 12 heavy (non-hydrogen) atoms. The van der Waals surface area contributed by atoms with Gasteiger partial charge in [0, 0.05) is 3.57 Å². The summed E-state index contributed by atoms with van der Waals surface area (Å²) in [7, 11) is 0. The van der Waals surface area contributed by atoms with E-state index in [1.54, 1.807) is 6.07 Å². The van der Waals surface area contributed by atoms with E-state index in [1.165, 1.54) is 0 Å². The number of aryl methyl sites for hydroxylation is 1. The van der Waals surface area contributed by atoms with Crippen molar-refractivity contribution in [2.75, 3.05) is 5.73 Å². The fourth-order valence-electron chi connectivity index (χ4n) is 0.930. The molecule has 1 aromatic carbocycles. The van der Waals surface area contributed by atoms with Gasteiger partial charge in [-0.3, -0.25) is 0 Å². The van der Waals surface area contributed by atoms with Crippen LogP contribution in [0.15, 0.2) is 12.1 Å². The van der Waals surface area contributed by atoms with E-state index in [1.807, 2.05) is 35.6 Å². The first-order valence-electron chi connectivity index (χ1n) is 3.31.